The van der Waals surface area contributed by atoms with Crippen LogP contribution in [0.4, 0.5) is 0 Å². The molecule has 4 aromatic rings. The zero-order chi connectivity index (χ0) is 23.1. The smallest absolute Gasteiger partial charge is 0.339 e. The maximum absolute atomic E-state index is 12.9. The number of H-pyrrole nitrogens is 1. The molecule has 1 unspecified atom stereocenters. The third kappa shape index (κ3) is 3.69. The number of para-hydroxylation sites is 1. The van der Waals surface area contributed by atoms with Gasteiger partial charge in [0.15, 0.2) is 0 Å². The van der Waals surface area contributed by atoms with Gasteiger partial charge < -0.3 is 19.5 Å². The number of amides is 1. The highest BCUT2D eigenvalue weighted by Crippen LogP contribution is 2.35. The molecule has 1 aliphatic carbocycles. The Hall–Kier alpha value is -3.54. The van der Waals surface area contributed by atoms with Gasteiger partial charge in [-0.1, -0.05) is 18.2 Å². The topological polar surface area (TPSA) is 84.3 Å². The van der Waals surface area contributed by atoms with Crippen LogP contribution < -0.4 is 15.7 Å². The van der Waals surface area contributed by atoms with Crippen LogP contribution >= 0.6 is 0 Å². The molecule has 2 aromatic heterocycles. The molecule has 6 nitrogen and oxygen atoms in total. The van der Waals surface area contributed by atoms with Crippen LogP contribution in [0.25, 0.3) is 21.9 Å². The Bertz CT molecular complexity index is 1430. The lowest BCUT2D eigenvalue weighted by molar-refractivity contribution is -0.121. The Balaban J connectivity index is 1.35. The van der Waals surface area contributed by atoms with E-state index in [-0.39, 0.29) is 24.0 Å². The maximum Gasteiger partial charge on any atom is 0.339 e. The lowest BCUT2D eigenvalue weighted by atomic mass is 9.91. The molecule has 0 saturated carbocycles. The van der Waals surface area contributed by atoms with Crippen molar-refractivity contribution in [3.8, 4) is 5.75 Å². The van der Waals surface area contributed by atoms with Crippen LogP contribution in [0.5, 0.6) is 5.75 Å². The zero-order valence-electron chi connectivity index (χ0n) is 19.2. The van der Waals surface area contributed by atoms with Gasteiger partial charge in [-0.2, -0.15) is 0 Å². The molecule has 0 fully saturated rings. The van der Waals surface area contributed by atoms with Crippen molar-refractivity contribution in [2.24, 2.45) is 0 Å². The van der Waals surface area contributed by atoms with Crippen molar-refractivity contribution < 1.29 is 13.9 Å². The number of hydrogen-bond donors (Lipinski definition) is 2. The van der Waals surface area contributed by atoms with E-state index in [1.165, 1.54) is 10.9 Å². The van der Waals surface area contributed by atoms with Crippen LogP contribution in [-0.4, -0.2) is 18.0 Å². The molecular formula is C27H28N2O4. The number of ether oxygens (including phenoxy) is 1. The number of aryl methyl sites for hydroxylation is 3. The molecular weight excluding hydrogens is 416 g/mol. The van der Waals surface area contributed by atoms with Crippen LogP contribution in [0.2, 0.25) is 0 Å². The van der Waals surface area contributed by atoms with E-state index in [9.17, 15) is 9.59 Å². The minimum absolute atomic E-state index is 0.0297. The summed E-state index contributed by atoms with van der Waals surface area (Å²) in [4.78, 5) is 29.1. The van der Waals surface area contributed by atoms with Crippen molar-refractivity contribution in [2.75, 3.05) is 7.11 Å². The van der Waals surface area contributed by atoms with Crippen LogP contribution in [0.1, 0.15) is 53.3 Å². The third-order valence-corrected chi connectivity index (χ3v) is 6.93. The predicted octanol–water partition coefficient (Wildman–Crippen LogP) is 5.03. The van der Waals surface area contributed by atoms with E-state index in [1.807, 2.05) is 38.1 Å². The minimum Gasteiger partial charge on any atom is -0.496 e. The van der Waals surface area contributed by atoms with Crippen LogP contribution in [-0.2, 0) is 17.6 Å². The first kappa shape index (κ1) is 21.3. The number of nitrogens with one attached hydrogen (secondary N) is 2. The first-order valence-electron chi connectivity index (χ1n) is 11.5. The number of aromatic amines is 1. The third-order valence-electron chi connectivity index (χ3n) is 6.93. The van der Waals surface area contributed by atoms with Gasteiger partial charge in [-0.05, 0) is 68.9 Å². The van der Waals surface area contributed by atoms with Gasteiger partial charge in [-0.3, -0.25) is 4.79 Å². The molecule has 2 aromatic carbocycles. The molecule has 0 aliphatic heterocycles. The highest BCUT2D eigenvalue weighted by Gasteiger charge is 2.25. The maximum atomic E-state index is 12.9. The predicted molar refractivity (Wildman–Crippen MR) is 129 cm³/mol. The number of fused-ring (bicyclic) bond motifs is 4. The molecule has 0 bridgehead atoms. The van der Waals surface area contributed by atoms with Crippen LogP contribution in [0, 0.1) is 13.8 Å². The molecule has 1 atom stereocenters. The fourth-order valence-electron chi connectivity index (χ4n) is 5.15. The van der Waals surface area contributed by atoms with Crippen molar-refractivity contribution in [3.05, 3.63) is 74.8 Å². The summed E-state index contributed by atoms with van der Waals surface area (Å²) in [7, 11) is 1.59. The number of rotatable bonds is 5. The summed E-state index contributed by atoms with van der Waals surface area (Å²) < 4.78 is 11.0. The fraction of sp³-hybridized carbons (Fsp3) is 0.333. The Morgan fingerprint density at radius 3 is 2.79 bits per heavy atom. The first-order chi connectivity index (χ1) is 16.0. The van der Waals surface area contributed by atoms with E-state index in [1.54, 1.807) is 7.11 Å². The lowest BCUT2D eigenvalue weighted by Gasteiger charge is -2.24. The quantitative estimate of drug-likeness (QED) is 0.423. The minimum atomic E-state index is -0.389. The van der Waals surface area contributed by atoms with Gasteiger partial charge in [0.25, 0.3) is 0 Å². The van der Waals surface area contributed by atoms with Gasteiger partial charge in [0.05, 0.1) is 13.2 Å². The number of hydrogen-bond acceptors (Lipinski definition) is 4. The normalized spacial score (nSPS) is 15.5. The van der Waals surface area contributed by atoms with Gasteiger partial charge in [0.2, 0.25) is 5.91 Å². The van der Waals surface area contributed by atoms with Crippen molar-refractivity contribution in [3.63, 3.8) is 0 Å². The first-order valence-corrected chi connectivity index (χ1v) is 11.5. The fourth-order valence-corrected chi connectivity index (χ4v) is 5.15. The van der Waals surface area contributed by atoms with Crippen molar-refractivity contribution in [2.45, 2.75) is 52.0 Å². The number of benzene rings is 2. The molecule has 1 amide bonds. The highest BCUT2D eigenvalue weighted by atomic mass is 16.5. The Morgan fingerprint density at radius 1 is 1.15 bits per heavy atom. The Kier molecular flexibility index (Phi) is 5.44. The molecule has 1 aliphatic rings. The number of methoxy groups -OCH3 is 1. The van der Waals surface area contributed by atoms with Gasteiger partial charge >= 0.3 is 5.63 Å². The van der Waals surface area contributed by atoms with Crippen molar-refractivity contribution >= 4 is 27.8 Å². The average Bonchev–Trinajstić information content (AvgIpc) is 3.19. The number of carbonyl (C=O) groups is 1. The molecule has 0 saturated heterocycles. The molecule has 33 heavy (non-hydrogen) atoms. The molecule has 6 heteroatoms. The van der Waals surface area contributed by atoms with E-state index < -0.39 is 0 Å². The molecule has 2 heterocycles. The second-order valence-corrected chi connectivity index (χ2v) is 8.84. The largest absolute Gasteiger partial charge is 0.496 e. The van der Waals surface area contributed by atoms with E-state index >= 15 is 0 Å². The summed E-state index contributed by atoms with van der Waals surface area (Å²) in [6.07, 6.45) is 3.54. The van der Waals surface area contributed by atoms with Gasteiger partial charge in [0.1, 0.15) is 11.3 Å². The van der Waals surface area contributed by atoms with Crippen LogP contribution in [0.15, 0.2) is 45.6 Å². The van der Waals surface area contributed by atoms with E-state index in [4.69, 9.17) is 9.15 Å². The molecule has 5 rings (SSSR count). The standard InChI is InChI=1S/C27H28N2O4/c1-15-17-11-13-23(32-3)16(2)26(17)33-27(31)18(15)12-14-24(30)28-22-10-6-8-20-19-7-4-5-9-21(19)29-25(20)22/h4-5,7,9,11,13,22,29H,6,8,10,12,14H2,1-3H3,(H,28,30). The summed E-state index contributed by atoms with van der Waals surface area (Å²) in [5.74, 6) is 0.623. The van der Waals surface area contributed by atoms with Gasteiger partial charge in [-0.25, -0.2) is 4.79 Å². The monoisotopic (exact) mass is 444 g/mol. The zero-order valence-corrected chi connectivity index (χ0v) is 19.2. The number of aromatic nitrogens is 1. The van der Waals surface area contributed by atoms with E-state index in [2.05, 4.69) is 22.4 Å². The summed E-state index contributed by atoms with van der Waals surface area (Å²) in [6, 6.07) is 12.0. The summed E-state index contributed by atoms with van der Waals surface area (Å²) >= 11 is 0. The summed E-state index contributed by atoms with van der Waals surface area (Å²) in [5, 5.41) is 5.30. The summed E-state index contributed by atoms with van der Waals surface area (Å²) in [5.41, 5.74) is 5.89. The number of carbonyl (C=O) groups excluding carboxylic acids is 1. The molecule has 0 radical (unpaired) electrons. The van der Waals surface area contributed by atoms with Crippen molar-refractivity contribution in [1.82, 2.24) is 10.3 Å². The molecule has 2 N–H and O–H groups in total. The Morgan fingerprint density at radius 2 is 1.97 bits per heavy atom. The lowest BCUT2D eigenvalue weighted by Crippen LogP contribution is -2.31. The Labute approximate surface area is 191 Å². The summed E-state index contributed by atoms with van der Waals surface area (Å²) in [6.45, 7) is 3.79. The van der Waals surface area contributed by atoms with Gasteiger partial charge in [0, 0.05) is 39.5 Å². The molecule has 170 valence electrons. The van der Waals surface area contributed by atoms with Gasteiger partial charge in [-0.15, -0.1) is 0 Å². The second kappa shape index (κ2) is 8.43. The highest BCUT2D eigenvalue weighted by molar-refractivity contribution is 5.87. The van der Waals surface area contributed by atoms with Crippen molar-refractivity contribution in [1.29, 1.82) is 0 Å². The van der Waals surface area contributed by atoms with E-state index in [0.717, 1.165) is 47.0 Å². The average molecular weight is 445 g/mol. The SMILES string of the molecule is COc1ccc2c(C)c(CCC(=O)NC3CCCc4c3[nH]c3ccccc43)c(=O)oc2c1C. The van der Waals surface area contributed by atoms with E-state index in [0.29, 0.717) is 23.3 Å². The van der Waals surface area contributed by atoms with Crippen LogP contribution in [0.3, 0.4) is 0 Å². The molecule has 0 spiro atoms. The second-order valence-electron chi connectivity index (χ2n) is 8.84.